The van der Waals surface area contributed by atoms with E-state index in [-0.39, 0.29) is 12.5 Å². The lowest BCUT2D eigenvalue weighted by Crippen LogP contribution is -2.34. The van der Waals surface area contributed by atoms with Gasteiger partial charge in [-0.3, -0.25) is 4.79 Å². The zero-order valence-corrected chi connectivity index (χ0v) is 10.3. The zero-order chi connectivity index (χ0) is 12.2. The van der Waals surface area contributed by atoms with Crippen molar-refractivity contribution >= 4 is 15.8 Å². The molecule has 2 unspecified atom stereocenters. The van der Waals surface area contributed by atoms with Gasteiger partial charge in [0.1, 0.15) is 5.75 Å². The van der Waals surface area contributed by atoms with Crippen molar-refractivity contribution in [3.8, 4) is 0 Å². The Labute approximate surface area is 96.3 Å². The lowest BCUT2D eigenvalue weighted by molar-refractivity contribution is -0.139. The van der Waals surface area contributed by atoms with E-state index in [4.69, 9.17) is 5.73 Å². The highest BCUT2D eigenvalue weighted by atomic mass is 32.2. The van der Waals surface area contributed by atoms with Gasteiger partial charge in [-0.15, -0.1) is 0 Å². The minimum Gasteiger partial charge on any atom is -0.465 e. The van der Waals surface area contributed by atoms with E-state index in [2.05, 4.69) is 4.74 Å². The van der Waals surface area contributed by atoms with Crippen LogP contribution in [0.1, 0.15) is 26.2 Å². The fraction of sp³-hybridized carbons (Fsp3) is 0.900. The molecule has 0 amide bonds. The van der Waals surface area contributed by atoms with Crippen molar-refractivity contribution in [1.29, 1.82) is 0 Å². The number of carbonyl (C=O) groups is 1. The van der Waals surface area contributed by atoms with Crippen LogP contribution in [0.15, 0.2) is 0 Å². The van der Waals surface area contributed by atoms with Gasteiger partial charge in [-0.1, -0.05) is 6.42 Å². The molecule has 6 heteroatoms. The Kier molecular flexibility index (Phi) is 4.73. The molecule has 0 radical (unpaired) electrons. The molecule has 0 aromatic heterocycles. The van der Waals surface area contributed by atoms with Crippen LogP contribution >= 0.6 is 0 Å². The normalized spacial score (nSPS) is 25.6. The smallest absolute Gasteiger partial charge is 0.321 e. The second-order valence-electron chi connectivity index (χ2n) is 4.08. The summed E-state index contributed by atoms with van der Waals surface area (Å²) in [6.45, 7) is 2.23. The minimum atomic E-state index is -3.40. The molecular weight excluding hydrogens is 230 g/mol. The third-order valence-corrected chi connectivity index (χ3v) is 5.16. The van der Waals surface area contributed by atoms with Crippen molar-refractivity contribution in [3.05, 3.63) is 0 Å². The van der Waals surface area contributed by atoms with E-state index < -0.39 is 26.8 Å². The summed E-state index contributed by atoms with van der Waals surface area (Å²) in [4.78, 5) is 11.2. The molecule has 0 heterocycles. The topological polar surface area (TPSA) is 86.5 Å². The number of sulfone groups is 1. The molecule has 1 aliphatic rings. The lowest BCUT2D eigenvalue weighted by Gasteiger charge is -2.17. The Morgan fingerprint density at radius 2 is 2.12 bits per heavy atom. The molecule has 0 aromatic rings. The third-order valence-electron chi connectivity index (χ3n) is 2.98. The molecule has 5 nitrogen and oxygen atoms in total. The molecule has 94 valence electrons. The van der Waals surface area contributed by atoms with Crippen molar-refractivity contribution in [2.45, 2.75) is 31.4 Å². The lowest BCUT2D eigenvalue weighted by atomic mass is 10.1. The first kappa shape index (κ1) is 13.4. The van der Waals surface area contributed by atoms with Crippen LogP contribution in [0.3, 0.4) is 0 Å². The maximum absolute atomic E-state index is 11.9. The van der Waals surface area contributed by atoms with E-state index in [9.17, 15) is 13.2 Å². The first-order valence-corrected chi connectivity index (χ1v) is 7.30. The number of nitrogens with two attached hydrogens (primary N) is 1. The van der Waals surface area contributed by atoms with Gasteiger partial charge in [-0.2, -0.15) is 0 Å². The van der Waals surface area contributed by atoms with E-state index in [0.29, 0.717) is 13.0 Å². The summed E-state index contributed by atoms with van der Waals surface area (Å²) in [7, 11) is -3.40. The first-order valence-electron chi connectivity index (χ1n) is 5.58. The van der Waals surface area contributed by atoms with Gasteiger partial charge in [0, 0.05) is 0 Å². The highest BCUT2D eigenvalue weighted by Gasteiger charge is 2.37. The standard InChI is InChI=1S/C10H19NO4S/c1-2-15-10(12)7-16(13,14)9-5-3-4-8(9)6-11/h8-9H,2-7,11H2,1H3. The van der Waals surface area contributed by atoms with Gasteiger partial charge in [0.25, 0.3) is 0 Å². The number of rotatable bonds is 5. The number of esters is 1. The molecule has 0 saturated heterocycles. The summed E-state index contributed by atoms with van der Waals surface area (Å²) in [5.74, 6) is -1.17. The molecule has 1 fully saturated rings. The van der Waals surface area contributed by atoms with Crippen molar-refractivity contribution in [2.75, 3.05) is 18.9 Å². The van der Waals surface area contributed by atoms with Crippen LogP contribution in [0, 0.1) is 5.92 Å². The van der Waals surface area contributed by atoms with Gasteiger partial charge in [-0.05, 0) is 32.2 Å². The van der Waals surface area contributed by atoms with Crippen molar-refractivity contribution in [3.63, 3.8) is 0 Å². The maximum Gasteiger partial charge on any atom is 0.321 e. The third kappa shape index (κ3) is 3.18. The highest BCUT2D eigenvalue weighted by Crippen LogP contribution is 2.30. The average molecular weight is 249 g/mol. The van der Waals surface area contributed by atoms with Gasteiger partial charge >= 0.3 is 5.97 Å². The van der Waals surface area contributed by atoms with Crippen LogP contribution in [0.5, 0.6) is 0 Å². The zero-order valence-electron chi connectivity index (χ0n) is 9.52. The van der Waals surface area contributed by atoms with Crippen LogP contribution in [-0.4, -0.2) is 38.5 Å². The fourth-order valence-corrected chi connectivity index (χ4v) is 4.20. The average Bonchev–Trinajstić information content (AvgIpc) is 2.65. The van der Waals surface area contributed by atoms with Gasteiger partial charge in [-0.25, -0.2) is 8.42 Å². The van der Waals surface area contributed by atoms with Crippen molar-refractivity contribution in [1.82, 2.24) is 0 Å². The quantitative estimate of drug-likeness (QED) is 0.698. The molecule has 2 N–H and O–H groups in total. The molecule has 16 heavy (non-hydrogen) atoms. The predicted molar refractivity (Wildman–Crippen MR) is 60.6 cm³/mol. The Bertz CT molecular complexity index is 339. The summed E-state index contributed by atoms with van der Waals surface area (Å²) in [6, 6.07) is 0. The van der Waals surface area contributed by atoms with Gasteiger partial charge < -0.3 is 10.5 Å². The van der Waals surface area contributed by atoms with Crippen LogP contribution in [0.4, 0.5) is 0 Å². The summed E-state index contributed by atoms with van der Waals surface area (Å²) < 4.78 is 28.5. The molecule has 0 spiro atoms. The molecule has 1 aliphatic carbocycles. The predicted octanol–water partition coefficient (Wildman–Crippen LogP) is 0.0917. The number of ether oxygens (including phenoxy) is 1. The van der Waals surface area contributed by atoms with E-state index in [1.54, 1.807) is 6.92 Å². The summed E-state index contributed by atoms with van der Waals surface area (Å²) in [6.07, 6.45) is 2.32. The largest absolute Gasteiger partial charge is 0.465 e. The summed E-state index contributed by atoms with van der Waals surface area (Å²) in [5, 5.41) is -0.457. The maximum atomic E-state index is 11.9. The molecule has 2 atom stereocenters. The van der Waals surface area contributed by atoms with E-state index >= 15 is 0 Å². The van der Waals surface area contributed by atoms with E-state index in [0.717, 1.165) is 12.8 Å². The summed E-state index contributed by atoms with van der Waals surface area (Å²) >= 11 is 0. The Hall–Kier alpha value is -0.620. The van der Waals surface area contributed by atoms with Crippen LogP contribution in [-0.2, 0) is 19.4 Å². The van der Waals surface area contributed by atoms with Gasteiger partial charge in [0.2, 0.25) is 0 Å². The van der Waals surface area contributed by atoms with Crippen LogP contribution in [0.2, 0.25) is 0 Å². The molecule has 0 aromatic carbocycles. The second-order valence-corrected chi connectivity index (χ2v) is 6.30. The van der Waals surface area contributed by atoms with E-state index in [1.165, 1.54) is 0 Å². The van der Waals surface area contributed by atoms with Gasteiger partial charge in [0.15, 0.2) is 9.84 Å². The van der Waals surface area contributed by atoms with E-state index in [1.807, 2.05) is 0 Å². The Morgan fingerprint density at radius 1 is 1.44 bits per heavy atom. The minimum absolute atomic E-state index is 0.000531. The number of hydrogen-bond acceptors (Lipinski definition) is 5. The Balaban J connectivity index is 2.66. The van der Waals surface area contributed by atoms with Crippen LogP contribution < -0.4 is 5.73 Å². The monoisotopic (exact) mass is 249 g/mol. The fourth-order valence-electron chi connectivity index (χ4n) is 2.22. The number of carbonyl (C=O) groups excluding carboxylic acids is 1. The van der Waals surface area contributed by atoms with Crippen molar-refractivity contribution in [2.24, 2.45) is 11.7 Å². The molecule has 1 rings (SSSR count). The number of hydrogen-bond donors (Lipinski definition) is 1. The molecule has 0 aliphatic heterocycles. The van der Waals surface area contributed by atoms with Crippen LogP contribution in [0.25, 0.3) is 0 Å². The van der Waals surface area contributed by atoms with Crippen molar-refractivity contribution < 1.29 is 17.9 Å². The summed E-state index contributed by atoms with van der Waals surface area (Å²) in [5.41, 5.74) is 5.53. The molecular formula is C10H19NO4S. The Morgan fingerprint density at radius 3 is 2.69 bits per heavy atom. The SMILES string of the molecule is CCOC(=O)CS(=O)(=O)C1CCCC1CN. The second kappa shape index (κ2) is 5.63. The molecule has 0 bridgehead atoms. The molecule has 1 saturated carbocycles. The first-order chi connectivity index (χ1) is 7.51. The highest BCUT2D eigenvalue weighted by molar-refractivity contribution is 7.92. The van der Waals surface area contributed by atoms with Gasteiger partial charge in [0.05, 0.1) is 11.9 Å².